The molecule has 0 unspecified atom stereocenters. The van der Waals surface area contributed by atoms with E-state index in [1.54, 1.807) is 4.90 Å². The van der Waals surface area contributed by atoms with Gasteiger partial charge in [0.15, 0.2) is 0 Å². The highest BCUT2D eigenvalue weighted by Gasteiger charge is 2.38. The summed E-state index contributed by atoms with van der Waals surface area (Å²) in [7, 11) is 0. The maximum Gasteiger partial charge on any atom is 0.243 e. The molecule has 1 aliphatic carbocycles. The van der Waals surface area contributed by atoms with Crippen molar-refractivity contribution in [3.8, 4) is 0 Å². The van der Waals surface area contributed by atoms with Crippen LogP contribution in [0.25, 0.3) is 0 Å². The number of carbonyl (C=O) groups is 2. The van der Waals surface area contributed by atoms with Crippen molar-refractivity contribution in [3.05, 3.63) is 58.9 Å². The molecule has 1 aromatic carbocycles. The molecule has 1 fully saturated rings. The van der Waals surface area contributed by atoms with E-state index in [-0.39, 0.29) is 36.4 Å². The fourth-order valence-corrected chi connectivity index (χ4v) is 4.23. The Morgan fingerprint density at radius 3 is 2.57 bits per heavy atom. The molecule has 1 saturated carbocycles. The molecule has 0 radical (unpaired) electrons. The van der Waals surface area contributed by atoms with Gasteiger partial charge in [0, 0.05) is 42.0 Å². The Morgan fingerprint density at radius 2 is 1.89 bits per heavy atom. The van der Waals surface area contributed by atoms with Crippen LogP contribution >= 0.6 is 11.6 Å². The molecule has 4 rings (SSSR count). The number of rotatable bonds is 5. The molecule has 6 heteroatoms. The van der Waals surface area contributed by atoms with Crippen molar-refractivity contribution in [2.24, 2.45) is 5.92 Å². The lowest BCUT2D eigenvalue weighted by Gasteiger charge is -2.39. The van der Waals surface area contributed by atoms with Crippen LogP contribution in [-0.4, -0.2) is 45.3 Å². The first kappa shape index (κ1) is 19.1. The van der Waals surface area contributed by atoms with Crippen molar-refractivity contribution in [1.29, 1.82) is 0 Å². The van der Waals surface area contributed by atoms with Crippen molar-refractivity contribution in [1.82, 2.24) is 14.4 Å². The molecule has 148 valence electrons. The molecular formula is C22H26ClN3O2. The zero-order valence-electron chi connectivity index (χ0n) is 16.3. The second-order valence-electron chi connectivity index (χ2n) is 7.97. The number of fused-ring (bicyclic) bond motifs is 1. The van der Waals surface area contributed by atoms with Gasteiger partial charge in [0.1, 0.15) is 6.54 Å². The molecule has 0 spiro atoms. The Morgan fingerprint density at radius 1 is 1.14 bits per heavy atom. The summed E-state index contributed by atoms with van der Waals surface area (Å²) in [6.07, 6.45) is 3.92. The number of carbonyl (C=O) groups excluding carboxylic acids is 2. The van der Waals surface area contributed by atoms with Crippen LogP contribution in [0.15, 0.2) is 42.6 Å². The molecule has 0 bridgehead atoms. The Hall–Kier alpha value is -2.27. The number of hydrogen-bond acceptors (Lipinski definition) is 2. The monoisotopic (exact) mass is 399 g/mol. The summed E-state index contributed by atoms with van der Waals surface area (Å²) in [6.45, 7) is 5.41. The number of benzene rings is 1. The number of halogens is 1. The zero-order chi connectivity index (χ0) is 19.8. The van der Waals surface area contributed by atoms with Crippen molar-refractivity contribution in [2.75, 3.05) is 13.1 Å². The Kier molecular flexibility index (Phi) is 5.19. The van der Waals surface area contributed by atoms with E-state index in [2.05, 4.69) is 4.57 Å². The van der Waals surface area contributed by atoms with Crippen LogP contribution in [0.1, 0.15) is 44.0 Å². The van der Waals surface area contributed by atoms with Crippen LogP contribution in [0.2, 0.25) is 5.02 Å². The van der Waals surface area contributed by atoms with E-state index in [1.165, 1.54) is 0 Å². The number of amides is 2. The predicted molar refractivity (Wildman–Crippen MR) is 109 cm³/mol. The summed E-state index contributed by atoms with van der Waals surface area (Å²) in [5.74, 6) is 0.186. The van der Waals surface area contributed by atoms with Gasteiger partial charge in [-0.2, -0.15) is 0 Å². The van der Waals surface area contributed by atoms with Crippen LogP contribution in [0.4, 0.5) is 0 Å². The summed E-state index contributed by atoms with van der Waals surface area (Å²) in [5.41, 5.74) is 1.97. The third-order valence-corrected chi connectivity index (χ3v) is 6.04. The minimum absolute atomic E-state index is 0.00413. The van der Waals surface area contributed by atoms with E-state index in [0.717, 1.165) is 30.6 Å². The molecule has 2 aromatic rings. The predicted octanol–water partition coefficient (Wildman–Crippen LogP) is 3.72. The molecule has 0 saturated heterocycles. The highest BCUT2D eigenvalue weighted by Crippen LogP contribution is 2.36. The highest BCUT2D eigenvalue weighted by atomic mass is 35.5. The van der Waals surface area contributed by atoms with Crippen LogP contribution in [0.3, 0.4) is 0 Å². The third kappa shape index (κ3) is 3.55. The first-order valence-electron chi connectivity index (χ1n) is 9.96. The molecule has 28 heavy (non-hydrogen) atoms. The molecule has 2 aliphatic rings. The van der Waals surface area contributed by atoms with E-state index >= 15 is 0 Å². The number of hydrogen-bond donors (Lipinski definition) is 0. The van der Waals surface area contributed by atoms with Crippen molar-refractivity contribution < 1.29 is 9.59 Å². The average Bonchev–Trinajstić information content (AvgIpc) is 3.42. The molecule has 2 amide bonds. The van der Waals surface area contributed by atoms with Crippen molar-refractivity contribution in [3.63, 3.8) is 0 Å². The van der Waals surface area contributed by atoms with Gasteiger partial charge < -0.3 is 14.4 Å². The van der Waals surface area contributed by atoms with Crippen LogP contribution in [-0.2, 0) is 16.1 Å². The lowest BCUT2D eigenvalue weighted by molar-refractivity contribution is -0.144. The first-order valence-corrected chi connectivity index (χ1v) is 10.3. The maximum atomic E-state index is 13.4. The number of aromatic nitrogens is 1. The van der Waals surface area contributed by atoms with E-state index in [0.29, 0.717) is 11.6 Å². The van der Waals surface area contributed by atoms with Crippen LogP contribution in [0.5, 0.6) is 0 Å². The lowest BCUT2D eigenvalue weighted by Crippen LogP contribution is -2.50. The summed E-state index contributed by atoms with van der Waals surface area (Å²) >= 11 is 6.51. The van der Waals surface area contributed by atoms with Crippen LogP contribution in [0, 0.1) is 5.92 Å². The summed E-state index contributed by atoms with van der Waals surface area (Å²) < 4.78 is 2.17. The minimum Gasteiger partial charge on any atom is -0.348 e. The fourth-order valence-electron chi connectivity index (χ4n) is 3.99. The Balaban J connectivity index is 1.64. The molecule has 1 aliphatic heterocycles. The smallest absolute Gasteiger partial charge is 0.243 e. The number of nitrogens with zero attached hydrogens (tertiary/aromatic N) is 3. The summed E-state index contributed by atoms with van der Waals surface area (Å²) in [4.78, 5) is 29.6. The van der Waals surface area contributed by atoms with Gasteiger partial charge in [-0.1, -0.05) is 29.8 Å². The topological polar surface area (TPSA) is 45.6 Å². The Labute approximate surface area is 170 Å². The lowest BCUT2D eigenvalue weighted by atomic mass is 9.99. The molecule has 0 N–H and O–H groups in total. The summed E-state index contributed by atoms with van der Waals surface area (Å²) in [5, 5.41) is 0.648. The van der Waals surface area contributed by atoms with Gasteiger partial charge in [-0.25, -0.2) is 0 Å². The van der Waals surface area contributed by atoms with E-state index < -0.39 is 0 Å². The highest BCUT2D eigenvalue weighted by molar-refractivity contribution is 6.31. The average molecular weight is 400 g/mol. The Bertz CT molecular complexity index is 887. The largest absolute Gasteiger partial charge is 0.348 e. The van der Waals surface area contributed by atoms with Gasteiger partial charge >= 0.3 is 0 Å². The third-order valence-electron chi connectivity index (χ3n) is 5.70. The van der Waals surface area contributed by atoms with Gasteiger partial charge in [0.25, 0.3) is 0 Å². The van der Waals surface area contributed by atoms with E-state index in [4.69, 9.17) is 11.6 Å². The van der Waals surface area contributed by atoms with Gasteiger partial charge in [-0.15, -0.1) is 0 Å². The van der Waals surface area contributed by atoms with Gasteiger partial charge in [-0.3, -0.25) is 9.59 Å². The maximum absolute atomic E-state index is 13.4. The quantitative estimate of drug-likeness (QED) is 0.769. The van der Waals surface area contributed by atoms with E-state index in [9.17, 15) is 9.59 Å². The second kappa shape index (κ2) is 7.63. The summed E-state index contributed by atoms with van der Waals surface area (Å²) in [6, 6.07) is 11.5. The SMILES string of the molecule is CC(C)N(CC(=O)N1CCn2cccc2[C@H]1c1ccccc1Cl)C(=O)C1CC1. The normalized spacial score (nSPS) is 18.9. The minimum atomic E-state index is -0.241. The standard InChI is InChI=1S/C22H26ClN3O2/c1-15(2)26(22(28)16-9-10-16)14-20(27)25-13-12-24-11-5-8-19(24)21(25)17-6-3-4-7-18(17)23/h3-8,11,15-16,21H,9-10,12-14H2,1-2H3/t21-/m1/s1. The second-order valence-corrected chi connectivity index (χ2v) is 8.38. The molecule has 1 aromatic heterocycles. The van der Waals surface area contributed by atoms with Crippen molar-refractivity contribution >= 4 is 23.4 Å². The van der Waals surface area contributed by atoms with E-state index in [1.807, 2.05) is 61.3 Å². The van der Waals surface area contributed by atoms with Gasteiger partial charge in [-0.05, 0) is 50.5 Å². The molecule has 1 atom stereocenters. The van der Waals surface area contributed by atoms with Crippen molar-refractivity contribution in [2.45, 2.75) is 45.3 Å². The zero-order valence-corrected chi connectivity index (χ0v) is 17.1. The van der Waals surface area contributed by atoms with Gasteiger partial charge in [0.05, 0.1) is 6.04 Å². The van der Waals surface area contributed by atoms with Gasteiger partial charge in [0.2, 0.25) is 11.8 Å². The molecule has 2 heterocycles. The first-order chi connectivity index (χ1) is 13.5. The molecular weight excluding hydrogens is 374 g/mol. The van der Waals surface area contributed by atoms with Crippen LogP contribution < -0.4 is 0 Å². The molecule has 5 nitrogen and oxygen atoms in total. The fraction of sp³-hybridized carbons (Fsp3) is 0.455.